The van der Waals surface area contributed by atoms with Crippen LogP contribution in [-0.2, 0) is 6.42 Å². The van der Waals surface area contributed by atoms with Crippen LogP contribution in [0.15, 0.2) is 97.1 Å². The maximum atomic E-state index is 8.57. The van der Waals surface area contributed by atoms with Gasteiger partial charge in [0.05, 0.1) is 0 Å². The number of nitrogens with zero attached hydrogens (tertiary/aromatic N) is 2. The molecular weight excluding hydrogens is 384 g/mol. The molecule has 4 heteroatoms. The summed E-state index contributed by atoms with van der Waals surface area (Å²) in [6, 6.07) is 31.9. The monoisotopic (exact) mass is 402 g/mol. The molecule has 0 fully saturated rings. The van der Waals surface area contributed by atoms with Crippen LogP contribution in [0.2, 0.25) is 0 Å². The Kier molecular flexibility index (Phi) is 5.93. The molecule has 0 aliphatic heterocycles. The second kappa shape index (κ2) is 9.31. The highest BCUT2D eigenvalue weighted by atomic mass is 16.5. The lowest BCUT2D eigenvalue weighted by atomic mass is 9.98. The summed E-state index contributed by atoms with van der Waals surface area (Å²) in [5.74, 6) is 1.08. The highest BCUT2D eigenvalue weighted by molar-refractivity contribution is 5.66. The van der Waals surface area contributed by atoms with Gasteiger partial charge in [0.15, 0.2) is 0 Å². The van der Waals surface area contributed by atoms with Crippen LogP contribution in [0.4, 0.5) is 0 Å². The van der Waals surface area contributed by atoms with Crippen LogP contribution in [0.3, 0.4) is 0 Å². The Hall–Kier alpha value is -4.54. The smallest absolute Gasteiger partial charge is 0.292 e. The molecule has 4 rings (SSSR count). The number of benzene rings is 4. The fourth-order valence-corrected chi connectivity index (χ4v) is 3.40. The second-order valence-corrected chi connectivity index (χ2v) is 7.01. The zero-order chi connectivity index (χ0) is 21.5. The summed E-state index contributed by atoms with van der Waals surface area (Å²) < 4.78 is 9.64. The third-order valence-corrected chi connectivity index (χ3v) is 5.02. The zero-order valence-electron chi connectivity index (χ0n) is 16.7. The molecule has 0 aliphatic rings. The van der Waals surface area contributed by atoms with Gasteiger partial charge < -0.3 is 9.47 Å². The molecule has 0 bridgehead atoms. The van der Waals surface area contributed by atoms with Gasteiger partial charge in [-0.05, 0) is 64.1 Å². The average molecular weight is 402 g/mol. The van der Waals surface area contributed by atoms with Crippen molar-refractivity contribution in [2.75, 3.05) is 0 Å². The topological polar surface area (TPSA) is 66.0 Å². The molecule has 0 saturated carbocycles. The Morgan fingerprint density at radius 1 is 0.452 bits per heavy atom. The molecule has 0 aliphatic carbocycles. The van der Waals surface area contributed by atoms with Crippen LogP contribution < -0.4 is 9.47 Å². The lowest BCUT2D eigenvalue weighted by molar-refractivity contribution is 0.507. The molecule has 4 nitrogen and oxygen atoms in total. The molecule has 0 radical (unpaired) electrons. The minimum Gasteiger partial charge on any atom is -0.388 e. The Morgan fingerprint density at radius 3 is 1.03 bits per heavy atom. The van der Waals surface area contributed by atoms with Crippen LogP contribution in [0.25, 0.3) is 22.3 Å². The summed E-state index contributed by atoms with van der Waals surface area (Å²) in [5.41, 5.74) is 6.86. The van der Waals surface area contributed by atoms with E-state index >= 15 is 0 Å². The summed E-state index contributed by atoms with van der Waals surface area (Å²) in [5, 5.41) is 17.1. The maximum Gasteiger partial charge on any atom is 0.292 e. The van der Waals surface area contributed by atoms with Gasteiger partial charge in [0, 0.05) is 0 Å². The first-order chi connectivity index (χ1) is 15.2. The van der Waals surface area contributed by atoms with Gasteiger partial charge in [-0.25, -0.2) is 0 Å². The van der Waals surface area contributed by atoms with Crippen molar-refractivity contribution in [2.45, 2.75) is 6.42 Å². The Labute approximate surface area is 181 Å². The van der Waals surface area contributed by atoms with Crippen molar-refractivity contribution in [2.24, 2.45) is 0 Å². The van der Waals surface area contributed by atoms with Crippen molar-refractivity contribution in [3.63, 3.8) is 0 Å². The number of hydrogen-bond acceptors (Lipinski definition) is 4. The van der Waals surface area contributed by atoms with E-state index in [0.29, 0.717) is 11.5 Å². The molecule has 148 valence electrons. The molecule has 0 unspecified atom stereocenters. The number of nitriles is 2. The quantitative estimate of drug-likeness (QED) is 0.353. The van der Waals surface area contributed by atoms with Crippen molar-refractivity contribution in [1.29, 1.82) is 10.5 Å². The fourth-order valence-electron chi connectivity index (χ4n) is 3.40. The van der Waals surface area contributed by atoms with Gasteiger partial charge in [0.2, 0.25) is 0 Å². The number of hydrogen-bond donors (Lipinski definition) is 0. The minimum absolute atomic E-state index is 0.540. The molecule has 4 aromatic carbocycles. The predicted octanol–water partition coefficient (Wildman–Crippen LogP) is 6.33. The van der Waals surface area contributed by atoms with Crippen LogP contribution in [0.5, 0.6) is 11.5 Å². The van der Waals surface area contributed by atoms with E-state index in [1.807, 2.05) is 24.3 Å². The molecule has 0 heterocycles. The van der Waals surface area contributed by atoms with Gasteiger partial charge in [-0.2, -0.15) is 0 Å². The van der Waals surface area contributed by atoms with Gasteiger partial charge in [-0.1, -0.05) is 72.8 Å². The molecule has 0 saturated heterocycles. The second-order valence-electron chi connectivity index (χ2n) is 7.01. The van der Waals surface area contributed by atoms with Crippen molar-refractivity contribution in [1.82, 2.24) is 0 Å². The van der Waals surface area contributed by atoms with E-state index in [2.05, 4.69) is 48.5 Å². The first-order valence-electron chi connectivity index (χ1n) is 9.76. The first-order valence-corrected chi connectivity index (χ1v) is 9.76. The largest absolute Gasteiger partial charge is 0.388 e. The molecular formula is C27H18N2O2. The predicted molar refractivity (Wildman–Crippen MR) is 119 cm³/mol. The lowest BCUT2D eigenvalue weighted by Crippen LogP contribution is -1.89. The van der Waals surface area contributed by atoms with Crippen LogP contribution in [0.1, 0.15) is 11.1 Å². The van der Waals surface area contributed by atoms with Crippen molar-refractivity contribution in [3.8, 4) is 46.3 Å². The lowest BCUT2D eigenvalue weighted by Gasteiger charge is -2.07. The standard InChI is InChI=1S/C27H18N2O2/c28-18-30-26-13-9-24(10-14-26)22-5-1-20(2-6-22)17-21-3-7-23(8-4-21)25-11-15-27(16-12-25)31-19-29/h1-16H,17H2. The van der Waals surface area contributed by atoms with Gasteiger partial charge in [0.1, 0.15) is 11.5 Å². The minimum atomic E-state index is 0.540. The van der Waals surface area contributed by atoms with E-state index in [-0.39, 0.29) is 0 Å². The van der Waals surface area contributed by atoms with E-state index in [1.165, 1.54) is 11.1 Å². The molecule has 0 spiro atoms. The van der Waals surface area contributed by atoms with Crippen molar-refractivity contribution >= 4 is 0 Å². The SMILES string of the molecule is N#COc1ccc(-c2ccc(Cc3ccc(-c4ccc(OC#N)cc4)cc3)cc2)cc1. The van der Waals surface area contributed by atoms with Crippen molar-refractivity contribution < 1.29 is 9.47 Å². The third kappa shape index (κ3) is 4.90. The Morgan fingerprint density at radius 2 is 0.742 bits per heavy atom. The Balaban J connectivity index is 1.42. The first kappa shape index (κ1) is 19.8. The maximum absolute atomic E-state index is 8.57. The van der Waals surface area contributed by atoms with E-state index in [0.717, 1.165) is 28.7 Å². The van der Waals surface area contributed by atoms with Gasteiger partial charge in [0.25, 0.3) is 12.5 Å². The van der Waals surface area contributed by atoms with Crippen LogP contribution in [-0.4, -0.2) is 0 Å². The number of ether oxygens (including phenoxy) is 2. The van der Waals surface area contributed by atoms with E-state index in [4.69, 9.17) is 20.0 Å². The summed E-state index contributed by atoms with van der Waals surface area (Å²) in [4.78, 5) is 0. The molecule has 31 heavy (non-hydrogen) atoms. The van der Waals surface area contributed by atoms with E-state index in [1.54, 1.807) is 36.8 Å². The van der Waals surface area contributed by atoms with E-state index in [9.17, 15) is 0 Å². The van der Waals surface area contributed by atoms with Gasteiger partial charge in [-0.3, -0.25) is 0 Å². The Bertz CT molecular complexity index is 1130. The summed E-state index contributed by atoms with van der Waals surface area (Å²) >= 11 is 0. The average Bonchev–Trinajstić information content (AvgIpc) is 2.82. The van der Waals surface area contributed by atoms with Crippen molar-refractivity contribution in [3.05, 3.63) is 108 Å². The van der Waals surface area contributed by atoms with Crippen LogP contribution >= 0.6 is 0 Å². The highest BCUT2D eigenvalue weighted by Gasteiger charge is 2.03. The zero-order valence-corrected chi connectivity index (χ0v) is 16.7. The molecule has 0 aromatic heterocycles. The molecule has 4 aromatic rings. The molecule has 0 N–H and O–H groups in total. The molecule has 0 atom stereocenters. The van der Waals surface area contributed by atoms with Gasteiger partial charge in [-0.15, -0.1) is 10.5 Å². The van der Waals surface area contributed by atoms with E-state index < -0.39 is 0 Å². The molecule has 0 amide bonds. The summed E-state index contributed by atoms with van der Waals surface area (Å²) in [6.07, 6.45) is 4.21. The van der Waals surface area contributed by atoms with Crippen LogP contribution in [0, 0.1) is 23.0 Å². The normalized spacial score (nSPS) is 10.0. The number of rotatable bonds is 6. The van der Waals surface area contributed by atoms with Gasteiger partial charge >= 0.3 is 0 Å². The third-order valence-electron chi connectivity index (χ3n) is 5.02. The highest BCUT2D eigenvalue weighted by Crippen LogP contribution is 2.25. The summed E-state index contributed by atoms with van der Waals surface area (Å²) in [6.45, 7) is 0. The fraction of sp³-hybridized carbons (Fsp3) is 0.0370. The summed E-state index contributed by atoms with van der Waals surface area (Å²) in [7, 11) is 0.